The van der Waals surface area contributed by atoms with Gasteiger partial charge in [-0.2, -0.15) is 0 Å². The van der Waals surface area contributed by atoms with Gasteiger partial charge in [-0.25, -0.2) is 0 Å². The molecule has 1 saturated heterocycles. The predicted molar refractivity (Wildman–Crippen MR) is 66.3 cm³/mol. The molecule has 0 saturated carbocycles. The van der Waals surface area contributed by atoms with Crippen LogP contribution in [0.3, 0.4) is 0 Å². The highest BCUT2D eigenvalue weighted by atomic mass is 32.2. The first-order valence-electron chi connectivity index (χ1n) is 5.68. The monoisotopic (exact) mass is 278 g/mol. The fraction of sp³-hybridized carbons (Fsp3) is 0.900. The van der Waals surface area contributed by atoms with Crippen LogP contribution in [0.4, 0.5) is 0 Å². The van der Waals surface area contributed by atoms with E-state index in [9.17, 15) is 15.3 Å². The van der Waals surface area contributed by atoms with Gasteiger partial charge in [0.25, 0.3) is 0 Å². The van der Waals surface area contributed by atoms with Crippen LogP contribution in [0.1, 0.15) is 0 Å². The second-order valence-electron chi connectivity index (χ2n) is 4.61. The fourth-order valence-corrected chi connectivity index (χ4v) is 3.16. The molecule has 7 nitrogen and oxygen atoms in total. The third-order valence-electron chi connectivity index (χ3n) is 3.04. The van der Waals surface area contributed by atoms with Gasteiger partial charge in [0.2, 0.25) is 0 Å². The minimum atomic E-state index is -1.26. The number of amidine groups is 1. The summed E-state index contributed by atoms with van der Waals surface area (Å²) < 4.78 is 5.53. The molecule has 6 atom stereocenters. The number of aliphatic hydroxyl groups excluding tert-OH is 4. The van der Waals surface area contributed by atoms with Gasteiger partial charge in [0.1, 0.15) is 35.9 Å². The third kappa shape index (κ3) is 2.36. The largest absolute Gasteiger partial charge is 0.394 e. The van der Waals surface area contributed by atoms with Crippen molar-refractivity contribution >= 4 is 16.9 Å². The van der Waals surface area contributed by atoms with Crippen molar-refractivity contribution in [3.05, 3.63) is 0 Å². The number of fused-ring (bicyclic) bond motifs is 1. The number of nitrogens with zero attached hydrogens (tertiary/aromatic N) is 2. The van der Waals surface area contributed by atoms with E-state index >= 15 is 0 Å². The number of aliphatic hydroxyl groups is 4. The highest BCUT2D eigenvalue weighted by Gasteiger charge is 2.50. The van der Waals surface area contributed by atoms with Crippen LogP contribution in [-0.4, -0.2) is 87.1 Å². The van der Waals surface area contributed by atoms with Crippen LogP contribution >= 0.6 is 11.8 Å². The molecule has 4 N–H and O–H groups in total. The van der Waals surface area contributed by atoms with Gasteiger partial charge in [0.05, 0.1) is 6.61 Å². The van der Waals surface area contributed by atoms with Crippen molar-refractivity contribution in [2.75, 3.05) is 20.7 Å². The summed E-state index contributed by atoms with van der Waals surface area (Å²) in [7, 11) is 3.65. The molecule has 2 aliphatic heterocycles. The maximum absolute atomic E-state index is 10.0. The van der Waals surface area contributed by atoms with Crippen molar-refractivity contribution in [2.45, 2.75) is 35.9 Å². The number of rotatable bonds is 2. The van der Waals surface area contributed by atoms with E-state index in [1.165, 1.54) is 11.8 Å². The number of hydrogen-bond donors (Lipinski definition) is 4. The number of ether oxygens (including phenoxy) is 1. The number of hydrogen-bond acceptors (Lipinski definition) is 8. The maximum atomic E-state index is 10.0. The average molecular weight is 278 g/mol. The minimum absolute atomic E-state index is 0.452. The lowest BCUT2D eigenvalue weighted by atomic mass is 9.95. The lowest BCUT2D eigenvalue weighted by Gasteiger charge is -2.39. The van der Waals surface area contributed by atoms with Gasteiger partial charge in [-0.3, -0.25) is 4.99 Å². The van der Waals surface area contributed by atoms with E-state index < -0.39 is 42.5 Å². The van der Waals surface area contributed by atoms with Crippen molar-refractivity contribution in [3.63, 3.8) is 0 Å². The summed E-state index contributed by atoms with van der Waals surface area (Å²) >= 11 is 1.33. The Kier molecular flexibility index (Phi) is 4.15. The first kappa shape index (κ1) is 14.0. The van der Waals surface area contributed by atoms with Gasteiger partial charge in [-0.15, -0.1) is 0 Å². The van der Waals surface area contributed by atoms with Gasteiger partial charge >= 0.3 is 0 Å². The maximum Gasteiger partial charge on any atom is 0.161 e. The molecular weight excluding hydrogens is 260 g/mol. The molecule has 0 spiro atoms. The zero-order chi connectivity index (χ0) is 13.4. The van der Waals surface area contributed by atoms with Crippen molar-refractivity contribution in [1.82, 2.24) is 4.90 Å². The molecule has 0 aromatic heterocycles. The summed E-state index contributed by atoms with van der Waals surface area (Å²) in [6, 6.07) is -0.551. The molecule has 18 heavy (non-hydrogen) atoms. The number of aliphatic imine (C=N–C) groups is 1. The van der Waals surface area contributed by atoms with Crippen molar-refractivity contribution < 1.29 is 25.2 Å². The quantitative estimate of drug-likeness (QED) is 0.455. The Bertz CT molecular complexity index is 340. The van der Waals surface area contributed by atoms with E-state index in [2.05, 4.69) is 4.99 Å². The Morgan fingerprint density at radius 3 is 2.61 bits per heavy atom. The van der Waals surface area contributed by atoms with E-state index in [1.54, 1.807) is 4.90 Å². The summed E-state index contributed by atoms with van der Waals surface area (Å²) in [6.07, 6.45) is -4.60. The molecule has 1 fully saturated rings. The molecule has 8 heteroatoms. The Labute approximate surface area is 109 Å². The highest BCUT2D eigenvalue weighted by Crippen LogP contribution is 2.37. The Balaban J connectivity index is 2.14. The molecule has 0 aromatic rings. The summed E-state index contributed by atoms with van der Waals surface area (Å²) in [4.78, 5) is 6.08. The fourth-order valence-electron chi connectivity index (χ4n) is 2.01. The Morgan fingerprint density at radius 1 is 1.39 bits per heavy atom. The van der Waals surface area contributed by atoms with Gasteiger partial charge in [-0.1, -0.05) is 11.8 Å². The molecule has 0 bridgehead atoms. The molecule has 0 radical (unpaired) electrons. The predicted octanol–water partition coefficient (Wildman–Crippen LogP) is -2.18. The average Bonchev–Trinajstić information content (AvgIpc) is 2.77. The Hall–Kier alpha value is -0.380. The van der Waals surface area contributed by atoms with E-state index in [0.29, 0.717) is 5.17 Å². The molecule has 0 aromatic carbocycles. The molecule has 104 valence electrons. The van der Waals surface area contributed by atoms with E-state index in [4.69, 9.17) is 9.84 Å². The molecule has 2 rings (SSSR count). The summed E-state index contributed by atoms with van der Waals surface area (Å²) in [5, 5.41) is 39.0. The molecule has 0 amide bonds. The number of thioether (sulfide) groups is 1. The first-order valence-corrected chi connectivity index (χ1v) is 6.56. The van der Waals surface area contributed by atoms with Crippen molar-refractivity contribution in [1.29, 1.82) is 0 Å². The van der Waals surface area contributed by atoms with E-state index in [0.717, 1.165) is 0 Å². The van der Waals surface area contributed by atoms with Gasteiger partial charge in [-0.05, 0) is 0 Å². The molecule has 2 aliphatic rings. The summed E-state index contributed by atoms with van der Waals surface area (Å²) in [6.45, 7) is -0.530. The van der Waals surface area contributed by atoms with Crippen molar-refractivity contribution in [3.8, 4) is 0 Å². The van der Waals surface area contributed by atoms with Gasteiger partial charge < -0.3 is 30.1 Å². The van der Waals surface area contributed by atoms with Crippen LogP contribution in [-0.2, 0) is 4.74 Å². The van der Waals surface area contributed by atoms with Crippen LogP contribution < -0.4 is 0 Å². The van der Waals surface area contributed by atoms with Gasteiger partial charge in [0.15, 0.2) is 5.17 Å². The van der Waals surface area contributed by atoms with Crippen LogP contribution in [0.25, 0.3) is 0 Å². The smallest absolute Gasteiger partial charge is 0.161 e. The van der Waals surface area contributed by atoms with Crippen LogP contribution in [0, 0.1) is 0 Å². The first-order chi connectivity index (χ1) is 8.45. The van der Waals surface area contributed by atoms with E-state index in [-0.39, 0.29) is 0 Å². The molecule has 0 aliphatic carbocycles. The normalized spacial score (nSPS) is 41.2. The second kappa shape index (κ2) is 5.32. The lowest BCUT2D eigenvalue weighted by Crippen LogP contribution is -2.58. The highest BCUT2D eigenvalue weighted by molar-refractivity contribution is 8.14. The zero-order valence-corrected chi connectivity index (χ0v) is 11.0. The Morgan fingerprint density at radius 2 is 2.06 bits per heavy atom. The topological polar surface area (TPSA) is 106 Å². The lowest BCUT2D eigenvalue weighted by molar-refractivity contribution is -0.190. The van der Waals surface area contributed by atoms with Crippen LogP contribution in [0.15, 0.2) is 4.99 Å². The molecule has 2 heterocycles. The van der Waals surface area contributed by atoms with Crippen LogP contribution in [0.5, 0.6) is 0 Å². The third-order valence-corrected chi connectivity index (χ3v) is 4.34. The second-order valence-corrected chi connectivity index (χ2v) is 5.68. The summed E-state index contributed by atoms with van der Waals surface area (Å²) in [5.41, 5.74) is -0.452. The van der Waals surface area contributed by atoms with Crippen molar-refractivity contribution in [2.24, 2.45) is 4.99 Å². The summed E-state index contributed by atoms with van der Waals surface area (Å²) in [5.74, 6) is 0. The molecular formula is C10H18N2O5S. The molecule has 5 unspecified atom stereocenters. The van der Waals surface area contributed by atoms with Crippen LogP contribution in [0.2, 0.25) is 0 Å². The zero-order valence-electron chi connectivity index (χ0n) is 10.2. The SMILES string of the molecule is CN(C)C1=NC2C(OC([C@@H](O)CO)C(O)C2O)S1. The standard InChI is InChI=1S/C10H18N2O5S/c1-12(2)10-11-5-6(15)7(16)8(4(14)3-13)17-9(5)18-10/h4-9,13-16H,3H2,1-2H3/t4-,5?,6?,7?,8?,9?/m0/s1. The minimum Gasteiger partial charge on any atom is -0.394 e. The van der Waals surface area contributed by atoms with E-state index in [1.807, 2.05) is 14.1 Å². The van der Waals surface area contributed by atoms with Gasteiger partial charge in [0, 0.05) is 14.1 Å².